The lowest BCUT2D eigenvalue weighted by Crippen LogP contribution is -2.45. The summed E-state index contributed by atoms with van der Waals surface area (Å²) in [4.78, 5) is 43.2. The highest BCUT2D eigenvalue weighted by Crippen LogP contribution is 1.97. The summed E-state index contributed by atoms with van der Waals surface area (Å²) >= 11 is 3.77. The molecule has 0 unspecified atom stereocenters. The number of carboxylic acid groups (broad SMARTS) is 2. The zero-order valence-electron chi connectivity index (χ0n) is 9.83. The molecule has 0 aliphatic rings. The summed E-state index contributed by atoms with van der Waals surface area (Å²) in [5, 5.41) is 19.8. The Bertz CT molecular complexity index is 375. The highest BCUT2D eigenvalue weighted by atomic mass is 32.1. The molecule has 9 nitrogen and oxygen atoms in total. The van der Waals surface area contributed by atoms with Gasteiger partial charge in [-0.05, 0) is 6.42 Å². The van der Waals surface area contributed by atoms with Gasteiger partial charge in [-0.25, -0.2) is 0 Å². The van der Waals surface area contributed by atoms with Gasteiger partial charge in [-0.1, -0.05) is 0 Å². The molecule has 0 radical (unpaired) electrons. The molecule has 10 heteroatoms. The Labute approximate surface area is 113 Å². The van der Waals surface area contributed by atoms with Gasteiger partial charge in [-0.15, -0.1) is 12.6 Å². The fourth-order valence-electron chi connectivity index (χ4n) is 0.960. The van der Waals surface area contributed by atoms with Gasteiger partial charge in [0.25, 0.3) is 5.91 Å². The monoisotopic (exact) mass is 293 g/mol. The number of thiol groups is 1. The van der Waals surface area contributed by atoms with Crippen LogP contribution in [-0.4, -0.2) is 51.9 Å². The topological polar surface area (TPSA) is 159 Å². The maximum absolute atomic E-state index is 11.3. The minimum Gasteiger partial charge on any atom is -0.480 e. The molecule has 2 atom stereocenters. The van der Waals surface area contributed by atoms with Crippen molar-refractivity contribution < 1.29 is 29.4 Å². The number of hydrogen-bond acceptors (Lipinski definition) is 6. The Hall–Kier alpha value is -1.81. The Morgan fingerprint density at radius 2 is 1.79 bits per heavy atom. The van der Waals surface area contributed by atoms with Crippen molar-refractivity contribution in [2.24, 2.45) is 5.73 Å². The molecule has 0 aliphatic heterocycles. The van der Waals surface area contributed by atoms with E-state index in [0.717, 1.165) is 0 Å². The smallest absolute Gasteiger partial charge is 0.322 e. The van der Waals surface area contributed by atoms with Crippen LogP contribution in [0.4, 0.5) is 0 Å². The Kier molecular flexibility index (Phi) is 7.53. The molecule has 19 heavy (non-hydrogen) atoms. The highest BCUT2D eigenvalue weighted by molar-refractivity contribution is 7.81. The number of nitrogens with two attached hydrogens (primary N) is 1. The highest BCUT2D eigenvalue weighted by Gasteiger charge is 2.18. The first-order valence-electron chi connectivity index (χ1n) is 5.19. The van der Waals surface area contributed by atoms with Gasteiger partial charge in [0, 0.05) is 6.42 Å². The number of aliphatic carboxylic acids is 2. The maximum Gasteiger partial charge on any atom is 0.322 e. The van der Waals surface area contributed by atoms with Crippen LogP contribution in [0, 0.1) is 0 Å². The summed E-state index contributed by atoms with van der Waals surface area (Å²) in [5.41, 5.74) is 5.19. The van der Waals surface area contributed by atoms with Crippen LogP contribution in [0.5, 0.6) is 0 Å². The van der Waals surface area contributed by atoms with Crippen molar-refractivity contribution in [3.05, 3.63) is 0 Å². The average molecular weight is 293 g/mol. The number of carbonyl (C=O) groups excluding carboxylic acids is 2. The summed E-state index contributed by atoms with van der Waals surface area (Å²) in [5.74, 6) is -3.84. The van der Waals surface area contributed by atoms with Gasteiger partial charge in [-0.2, -0.15) is 0 Å². The summed E-state index contributed by atoms with van der Waals surface area (Å²) in [6, 6.07) is -1.16. The van der Waals surface area contributed by atoms with Crippen LogP contribution in [-0.2, 0) is 19.2 Å². The van der Waals surface area contributed by atoms with Gasteiger partial charge in [0.2, 0.25) is 5.91 Å². The first kappa shape index (κ1) is 17.2. The zero-order valence-corrected chi connectivity index (χ0v) is 10.7. The van der Waals surface area contributed by atoms with E-state index in [4.69, 9.17) is 15.9 Å². The van der Waals surface area contributed by atoms with E-state index in [1.165, 1.54) is 0 Å². The number of hydrogen-bond donors (Lipinski definition) is 6. The third kappa shape index (κ3) is 8.00. The third-order valence-electron chi connectivity index (χ3n) is 1.96. The molecular formula is C9H15N3O6S. The second-order valence-electron chi connectivity index (χ2n) is 3.56. The molecule has 0 rings (SSSR count). The van der Waals surface area contributed by atoms with Crippen LogP contribution in [0.2, 0.25) is 0 Å². The molecule has 0 aromatic carbocycles. The van der Waals surface area contributed by atoms with Crippen molar-refractivity contribution in [3.8, 4) is 0 Å². The molecule has 0 fully saturated rings. The summed E-state index contributed by atoms with van der Waals surface area (Å²) in [6.45, 7) is -0.588. The third-order valence-corrected chi connectivity index (χ3v) is 2.32. The van der Waals surface area contributed by atoms with Gasteiger partial charge in [0.05, 0.1) is 0 Å². The fraction of sp³-hybridized carbons (Fsp3) is 0.556. The molecule has 0 aromatic heterocycles. The molecule has 0 saturated carbocycles. The number of carbonyl (C=O) groups is 4. The number of nitrogens with one attached hydrogen (secondary N) is 2. The van der Waals surface area contributed by atoms with Gasteiger partial charge in [0.1, 0.15) is 12.6 Å². The molecule has 2 amide bonds. The van der Waals surface area contributed by atoms with E-state index in [2.05, 4.69) is 17.9 Å². The number of amides is 2. The van der Waals surface area contributed by atoms with Crippen molar-refractivity contribution >= 4 is 36.4 Å². The maximum atomic E-state index is 11.3. The predicted octanol–water partition coefficient (Wildman–Crippen LogP) is -2.25. The molecule has 0 heterocycles. The second kappa shape index (κ2) is 8.32. The number of carboxylic acids is 2. The molecule has 0 aromatic rings. The molecule has 0 saturated heterocycles. The van der Waals surface area contributed by atoms with E-state index in [-0.39, 0.29) is 12.8 Å². The predicted molar refractivity (Wildman–Crippen MR) is 66.4 cm³/mol. The lowest BCUT2D eigenvalue weighted by Gasteiger charge is -2.13. The largest absolute Gasteiger partial charge is 0.480 e. The van der Waals surface area contributed by atoms with Crippen LogP contribution in [0.15, 0.2) is 0 Å². The first-order chi connectivity index (χ1) is 8.73. The van der Waals surface area contributed by atoms with Gasteiger partial charge in [-0.3, -0.25) is 19.2 Å². The summed E-state index contributed by atoms with van der Waals surface area (Å²) in [6.07, 6.45) is -0.269. The zero-order chi connectivity index (χ0) is 15.0. The van der Waals surface area contributed by atoms with Gasteiger partial charge >= 0.3 is 11.9 Å². The summed E-state index contributed by atoms with van der Waals surface area (Å²) < 4.78 is 0. The van der Waals surface area contributed by atoms with E-state index in [9.17, 15) is 19.2 Å². The Morgan fingerprint density at radius 3 is 2.26 bits per heavy atom. The molecule has 0 spiro atoms. The van der Waals surface area contributed by atoms with E-state index in [1.54, 1.807) is 0 Å². The minimum absolute atomic E-state index is 0.0849. The molecule has 0 aliphatic carbocycles. The lowest BCUT2D eigenvalue weighted by atomic mass is 10.1. The fourth-order valence-corrected chi connectivity index (χ4v) is 1.19. The van der Waals surface area contributed by atoms with Gasteiger partial charge in [0.15, 0.2) is 5.37 Å². The Balaban J connectivity index is 4.01. The van der Waals surface area contributed by atoms with Crippen molar-refractivity contribution in [2.45, 2.75) is 24.3 Å². The standard InChI is InChI=1S/C9H15N3O6S/c10-4(9(17)18)1-2-5(13)12-8(19)7(16)11-3-6(14)15/h4,8,19H,1-3,10H2,(H,11,16)(H,12,13)(H,14,15)(H,17,18)/t4-,8+/m0/s1. The minimum atomic E-state index is -1.23. The van der Waals surface area contributed by atoms with Crippen molar-refractivity contribution in [1.82, 2.24) is 10.6 Å². The molecule has 6 N–H and O–H groups in total. The molecule has 108 valence electrons. The SMILES string of the molecule is N[C@@H](CCC(=O)N[C@H](S)C(=O)NCC(=O)O)C(=O)O. The van der Waals surface area contributed by atoms with Crippen LogP contribution in [0.1, 0.15) is 12.8 Å². The van der Waals surface area contributed by atoms with Crippen molar-refractivity contribution in [3.63, 3.8) is 0 Å². The van der Waals surface area contributed by atoms with Gasteiger partial charge < -0.3 is 26.6 Å². The number of rotatable bonds is 8. The van der Waals surface area contributed by atoms with Crippen LogP contribution in [0.25, 0.3) is 0 Å². The second-order valence-corrected chi connectivity index (χ2v) is 4.08. The first-order valence-corrected chi connectivity index (χ1v) is 5.71. The van der Waals surface area contributed by atoms with E-state index >= 15 is 0 Å². The van der Waals surface area contributed by atoms with E-state index in [1.807, 2.05) is 5.32 Å². The lowest BCUT2D eigenvalue weighted by molar-refractivity contribution is -0.139. The van der Waals surface area contributed by atoms with E-state index < -0.39 is 41.7 Å². The van der Waals surface area contributed by atoms with E-state index in [0.29, 0.717) is 0 Å². The van der Waals surface area contributed by atoms with Crippen LogP contribution in [0.3, 0.4) is 0 Å². The molecule has 0 bridgehead atoms. The molecular weight excluding hydrogens is 278 g/mol. The summed E-state index contributed by atoms with van der Waals surface area (Å²) in [7, 11) is 0. The van der Waals surface area contributed by atoms with Crippen LogP contribution >= 0.6 is 12.6 Å². The Morgan fingerprint density at radius 1 is 1.21 bits per heavy atom. The van der Waals surface area contributed by atoms with Crippen molar-refractivity contribution in [2.75, 3.05) is 6.54 Å². The quantitative estimate of drug-likeness (QED) is 0.218. The average Bonchev–Trinajstić information content (AvgIpc) is 2.32. The van der Waals surface area contributed by atoms with Crippen LogP contribution < -0.4 is 16.4 Å². The van der Waals surface area contributed by atoms with Crippen molar-refractivity contribution in [1.29, 1.82) is 0 Å². The normalized spacial score (nSPS) is 13.2.